The fourth-order valence-corrected chi connectivity index (χ4v) is 2.17. The van der Waals surface area contributed by atoms with Crippen LogP contribution < -0.4 is 5.32 Å². The van der Waals surface area contributed by atoms with Gasteiger partial charge in [-0.3, -0.25) is 14.5 Å². The van der Waals surface area contributed by atoms with Gasteiger partial charge >= 0.3 is 5.97 Å². The molecule has 0 radical (unpaired) electrons. The van der Waals surface area contributed by atoms with Crippen LogP contribution in [0.5, 0.6) is 0 Å². The van der Waals surface area contributed by atoms with Crippen molar-refractivity contribution in [3.63, 3.8) is 0 Å². The number of amides is 1. The van der Waals surface area contributed by atoms with E-state index < -0.39 is 12.0 Å². The maximum Gasteiger partial charge on any atom is 0.323 e. The van der Waals surface area contributed by atoms with E-state index in [0.717, 1.165) is 0 Å². The zero-order chi connectivity index (χ0) is 12.8. The van der Waals surface area contributed by atoms with Gasteiger partial charge in [-0.25, -0.2) is 0 Å². The predicted molar refractivity (Wildman–Crippen MR) is 61.7 cm³/mol. The summed E-state index contributed by atoms with van der Waals surface area (Å²) in [6.07, 6.45) is 1.40. The molecule has 0 spiro atoms. The first-order chi connectivity index (χ1) is 8.10. The summed E-state index contributed by atoms with van der Waals surface area (Å²) in [4.78, 5) is 24.4. The molecule has 1 atom stereocenters. The van der Waals surface area contributed by atoms with Gasteiger partial charge in [0, 0.05) is 20.1 Å². The minimum Gasteiger partial charge on any atom is -0.480 e. The molecular weight excluding hydrogens is 224 g/mol. The molecule has 6 nitrogen and oxygen atoms in total. The SMILES string of the molecule is CNC(=O)C1CCN(C(COC)C(=O)O)CC1. The molecule has 1 unspecified atom stereocenters. The fourth-order valence-electron chi connectivity index (χ4n) is 2.17. The molecule has 98 valence electrons. The van der Waals surface area contributed by atoms with Crippen molar-refractivity contribution < 1.29 is 19.4 Å². The van der Waals surface area contributed by atoms with Crippen molar-refractivity contribution in [3.8, 4) is 0 Å². The van der Waals surface area contributed by atoms with Crippen molar-refractivity contribution in [2.75, 3.05) is 33.9 Å². The maximum atomic E-state index is 11.4. The third-order valence-electron chi connectivity index (χ3n) is 3.20. The fraction of sp³-hybridized carbons (Fsp3) is 0.818. The number of hydrogen-bond acceptors (Lipinski definition) is 4. The molecule has 0 aliphatic carbocycles. The van der Waals surface area contributed by atoms with Crippen molar-refractivity contribution in [2.45, 2.75) is 18.9 Å². The minimum atomic E-state index is -0.870. The van der Waals surface area contributed by atoms with Crippen LogP contribution in [0.25, 0.3) is 0 Å². The highest BCUT2D eigenvalue weighted by Crippen LogP contribution is 2.19. The number of carbonyl (C=O) groups excluding carboxylic acids is 1. The van der Waals surface area contributed by atoms with E-state index in [1.165, 1.54) is 7.11 Å². The van der Waals surface area contributed by atoms with Gasteiger partial charge in [-0.05, 0) is 25.9 Å². The Hall–Kier alpha value is -1.14. The monoisotopic (exact) mass is 244 g/mol. The molecule has 1 heterocycles. The number of piperidine rings is 1. The van der Waals surface area contributed by atoms with Gasteiger partial charge in [-0.1, -0.05) is 0 Å². The highest BCUT2D eigenvalue weighted by Gasteiger charge is 2.31. The lowest BCUT2D eigenvalue weighted by Crippen LogP contribution is -2.49. The molecule has 0 bridgehead atoms. The van der Waals surface area contributed by atoms with Gasteiger partial charge in [0.1, 0.15) is 6.04 Å². The summed E-state index contributed by atoms with van der Waals surface area (Å²) in [5, 5.41) is 11.7. The molecule has 1 aliphatic rings. The maximum absolute atomic E-state index is 11.4. The van der Waals surface area contributed by atoms with Crippen LogP contribution in [0.15, 0.2) is 0 Å². The number of methoxy groups -OCH3 is 1. The lowest BCUT2D eigenvalue weighted by Gasteiger charge is -2.34. The smallest absolute Gasteiger partial charge is 0.323 e. The molecule has 0 aromatic carbocycles. The van der Waals surface area contributed by atoms with E-state index in [9.17, 15) is 9.59 Å². The Morgan fingerprint density at radius 3 is 2.47 bits per heavy atom. The molecule has 0 saturated carbocycles. The van der Waals surface area contributed by atoms with Crippen molar-refractivity contribution in [3.05, 3.63) is 0 Å². The summed E-state index contributed by atoms with van der Waals surface area (Å²) in [5.74, 6) is -0.818. The summed E-state index contributed by atoms with van der Waals surface area (Å²) < 4.78 is 4.91. The quantitative estimate of drug-likeness (QED) is 0.684. The Bertz CT molecular complexity index is 275. The van der Waals surface area contributed by atoms with Crippen LogP contribution in [0.1, 0.15) is 12.8 Å². The Kier molecular flexibility index (Phi) is 5.37. The molecule has 1 amide bonds. The van der Waals surface area contributed by atoms with Crippen LogP contribution in [0, 0.1) is 5.92 Å². The van der Waals surface area contributed by atoms with Crippen molar-refractivity contribution in [2.24, 2.45) is 5.92 Å². The van der Waals surface area contributed by atoms with E-state index in [4.69, 9.17) is 9.84 Å². The molecule has 6 heteroatoms. The second kappa shape index (κ2) is 6.56. The third-order valence-corrected chi connectivity index (χ3v) is 3.20. The van der Waals surface area contributed by atoms with Crippen molar-refractivity contribution in [1.82, 2.24) is 10.2 Å². The summed E-state index contributed by atoms with van der Waals surface area (Å²) in [6, 6.07) is -0.606. The van der Waals surface area contributed by atoms with Gasteiger partial charge in [0.2, 0.25) is 5.91 Å². The molecule has 0 aromatic heterocycles. The Morgan fingerprint density at radius 2 is 2.06 bits per heavy atom. The van der Waals surface area contributed by atoms with Crippen LogP contribution in [0.2, 0.25) is 0 Å². The average Bonchev–Trinajstić information content (AvgIpc) is 2.35. The van der Waals surface area contributed by atoms with Crippen LogP contribution in [-0.4, -0.2) is 61.8 Å². The van der Waals surface area contributed by atoms with E-state index in [2.05, 4.69) is 5.32 Å². The summed E-state index contributed by atoms with van der Waals surface area (Å²) in [7, 11) is 3.12. The summed E-state index contributed by atoms with van der Waals surface area (Å²) in [6.45, 7) is 1.43. The normalized spacial score (nSPS) is 19.9. The van der Waals surface area contributed by atoms with Crippen molar-refractivity contribution in [1.29, 1.82) is 0 Å². The molecular formula is C11H20N2O4. The second-order valence-corrected chi connectivity index (χ2v) is 4.23. The number of carboxylic acids is 1. The van der Waals surface area contributed by atoms with Gasteiger partial charge < -0.3 is 15.2 Å². The van der Waals surface area contributed by atoms with Crippen LogP contribution in [-0.2, 0) is 14.3 Å². The van der Waals surface area contributed by atoms with E-state index in [-0.39, 0.29) is 18.4 Å². The lowest BCUT2D eigenvalue weighted by atomic mass is 9.95. The van der Waals surface area contributed by atoms with E-state index in [1.807, 2.05) is 4.90 Å². The number of ether oxygens (including phenoxy) is 1. The van der Waals surface area contributed by atoms with E-state index in [1.54, 1.807) is 7.05 Å². The second-order valence-electron chi connectivity index (χ2n) is 4.23. The molecule has 1 aliphatic heterocycles. The van der Waals surface area contributed by atoms with Gasteiger partial charge in [0.15, 0.2) is 0 Å². The zero-order valence-corrected chi connectivity index (χ0v) is 10.3. The first-order valence-corrected chi connectivity index (χ1v) is 5.77. The van der Waals surface area contributed by atoms with E-state index in [0.29, 0.717) is 25.9 Å². The first-order valence-electron chi connectivity index (χ1n) is 5.77. The highest BCUT2D eigenvalue weighted by atomic mass is 16.5. The van der Waals surface area contributed by atoms with Crippen LogP contribution >= 0.6 is 0 Å². The third kappa shape index (κ3) is 3.67. The molecule has 17 heavy (non-hydrogen) atoms. The van der Waals surface area contributed by atoms with E-state index >= 15 is 0 Å². The summed E-state index contributed by atoms with van der Waals surface area (Å²) in [5.41, 5.74) is 0. The average molecular weight is 244 g/mol. The number of nitrogens with zero attached hydrogens (tertiary/aromatic N) is 1. The number of rotatable bonds is 5. The number of aliphatic carboxylic acids is 1. The Labute approximate surface area is 101 Å². The molecule has 1 saturated heterocycles. The number of nitrogens with one attached hydrogen (secondary N) is 1. The summed E-state index contributed by atoms with van der Waals surface area (Å²) >= 11 is 0. The number of carbonyl (C=O) groups is 2. The van der Waals surface area contributed by atoms with Gasteiger partial charge in [0.05, 0.1) is 6.61 Å². The van der Waals surface area contributed by atoms with Gasteiger partial charge in [-0.2, -0.15) is 0 Å². The minimum absolute atomic E-state index is 0.00763. The molecule has 1 rings (SSSR count). The Balaban J connectivity index is 2.49. The largest absolute Gasteiger partial charge is 0.480 e. The lowest BCUT2D eigenvalue weighted by molar-refractivity contribution is -0.146. The number of hydrogen-bond donors (Lipinski definition) is 2. The number of likely N-dealkylation sites (tertiary alicyclic amines) is 1. The topological polar surface area (TPSA) is 78.9 Å². The predicted octanol–water partition coefficient (Wildman–Crippen LogP) is -0.456. The van der Waals surface area contributed by atoms with Crippen LogP contribution in [0.4, 0.5) is 0 Å². The molecule has 1 fully saturated rings. The Morgan fingerprint density at radius 1 is 1.47 bits per heavy atom. The van der Waals surface area contributed by atoms with Crippen molar-refractivity contribution >= 4 is 11.9 Å². The van der Waals surface area contributed by atoms with Crippen LogP contribution in [0.3, 0.4) is 0 Å². The zero-order valence-electron chi connectivity index (χ0n) is 10.3. The number of carboxylic acid groups (broad SMARTS) is 1. The standard InChI is InChI=1S/C11H20N2O4/c1-12-10(14)8-3-5-13(6-4-8)9(7-17-2)11(15)16/h8-9H,3-7H2,1-2H3,(H,12,14)(H,15,16). The molecule has 0 aromatic rings. The van der Waals surface area contributed by atoms with Gasteiger partial charge in [-0.15, -0.1) is 0 Å². The first kappa shape index (κ1) is 13.9. The van der Waals surface area contributed by atoms with Gasteiger partial charge in [0.25, 0.3) is 0 Å². The molecule has 2 N–H and O–H groups in total. The highest BCUT2D eigenvalue weighted by molar-refractivity contribution is 5.78.